The highest BCUT2D eigenvalue weighted by Gasteiger charge is 2.26. The molecule has 0 aliphatic rings. The maximum atomic E-state index is 11.4. The van der Waals surface area contributed by atoms with Crippen molar-refractivity contribution in [3.05, 3.63) is 0 Å². The average molecular weight is 158 g/mol. The highest BCUT2D eigenvalue weighted by atomic mass is 16.5. The van der Waals surface area contributed by atoms with E-state index in [-0.39, 0.29) is 5.78 Å². The Labute approximate surface area is 68.9 Å². The Bertz CT molecular complexity index is 136. The van der Waals surface area contributed by atoms with Crippen molar-refractivity contribution in [1.29, 1.82) is 0 Å². The molecule has 0 rings (SSSR count). The average Bonchev–Trinajstić information content (AvgIpc) is 1.86. The Kier molecular flexibility index (Phi) is 3.73. The number of Topliss-reactive ketones (excluding diaryl/α,β-unsaturated/α-hetero) is 1. The van der Waals surface area contributed by atoms with Crippen LogP contribution in [0, 0.1) is 5.92 Å². The van der Waals surface area contributed by atoms with Crippen molar-refractivity contribution < 1.29 is 9.53 Å². The first-order valence-corrected chi connectivity index (χ1v) is 3.98. The summed E-state index contributed by atoms with van der Waals surface area (Å²) < 4.78 is 5.05. The van der Waals surface area contributed by atoms with E-state index in [2.05, 4.69) is 0 Å². The number of methoxy groups -OCH3 is 1. The van der Waals surface area contributed by atoms with Crippen LogP contribution in [0.2, 0.25) is 0 Å². The highest BCUT2D eigenvalue weighted by Crippen LogP contribution is 2.14. The van der Waals surface area contributed by atoms with Crippen LogP contribution in [0.4, 0.5) is 0 Å². The summed E-state index contributed by atoms with van der Waals surface area (Å²) in [5.41, 5.74) is -0.607. The summed E-state index contributed by atoms with van der Waals surface area (Å²) in [6, 6.07) is 0. The van der Waals surface area contributed by atoms with Gasteiger partial charge in [-0.05, 0) is 19.8 Å². The Balaban J connectivity index is 4.02. The summed E-state index contributed by atoms with van der Waals surface area (Å²) in [6.07, 6.45) is 0.598. The zero-order chi connectivity index (χ0) is 9.07. The molecule has 0 saturated carbocycles. The second-order valence-corrected chi connectivity index (χ2v) is 3.74. The monoisotopic (exact) mass is 158 g/mol. The van der Waals surface area contributed by atoms with E-state index < -0.39 is 5.60 Å². The Hall–Kier alpha value is -0.370. The molecule has 0 heterocycles. The number of carbonyl (C=O) groups excluding carboxylic acids is 1. The number of rotatable bonds is 4. The van der Waals surface area contributed by atoms with Gasteiger partial charge in [0.15, 0.2) is 5.78 Å². The molecule has 0 aliphatic carbocycles. The van der Waals surface area contributed by atoms with Gasteiger partial charge in [0.2, 0.25) is 0 Å². The molecule has 11 heavy (non-hydrogen) atoms. The van der Waals surface area contributed by atoms with Gasteiger partial charge in [0.1, 0.15) is 5.60 Å². The molecule has 0 N–H and O–H groups in total. The molecule has 0 bridgehead atoms. The van der Waals surface area contributed by atoms with Crippen LogP contribution in [0.15, 0.2) is 0 Å². The van der Waals surface area contributed by atoms with Crippen LogP contribution < -0.4 is 0 Å². The smallest absolute Gasteiger partial charge is 0.164 e. The van der Waals surface area contributed by atoms with Gasteiger partial charge >= 0.3 is 0 Å². The van der Waals surface area contributed by atoms with Crippen molar-refractivity contribution in [3.8, 4) is 0 Å². The van der Waals surface area contributed by atoms with E-state index >= 15 is 0 Å². The number of ether oxygens (including phenoxy) is 1. The molecule has 0 amide bonds. The van der Waals surface area contributed by atoms with Crippen LogP contribution in [0.5, 0.6) is 0 Å². The summed E-state index contributed by atoms with van der Waals surface area (Å²) in [5, 5.41) is 0. The quantitative estimate of drug-likeness (QED) is 0.625. The molecule has 0 unspecified atom stereocenters. The molecule has 0 atom stereocenters. The summed E-state index contributed by atoms with van der Waals surface area (Å²) in [6.45, 7) is 7.67. The van der Waals surface area contributed by atoms with E-state index in [1.807, 2.05) is 13.8 Å². The Morgan fingerprint density at radius 2 is 1.91 bits per heavy atom. The zero-order valence-electron chi connectivity index (χ0n) is 8.10. The molecule has 0 spiro atoms. The fourth-order valence-electron chi connectivity index (χ4n) is 0.730. The van der Waals surface area contributed by atoms with Crippen LogP contribution in [-0.4, -0.2) is 18.5 Å². The van der Waals surface area contributed by atoms with Crippen molar-refractivity contribution in [1.82, 2.24) is 0 Å². The molecule has 0 radical (unpaired) electrons. The molecular weight excluding hydrogens is 140 g/mol. The fraction of sp³-hybridized carbons (Fsp3) is 0.889. The minimum absolute atomic E-state index is 0.176. The molecular formula is C9H18O2. The zero-order valence-corrected chi connectivity index (χ0v) is 8.10. The SMILES string of the molecule is COC(C)(C)C(=O)CC(C)C. The van der Waals surface area contributed by atoms with Gasteiger partial charge in [0.05, 0.1) is 0 Å². The normalized spacial score (nSPS) is 12.2. The second kappa shape index (κ2) is 3.86. The third-order valence-corrected chi connectivity index (χ3v) is 1.78. The molecule has 66 valence electrons. The topological polar surface area (TPSA) is 26.3 Å². The number of ketones is 1. The largest absolute Gasteiger partial charge is 0.371 e. The first-order valence-electron chi connectivity index (χ1n) is 3.98. The van der Waals surface area contributed by atoms with E-state index in [0.29, 0.717) is 12.3 Å². The van der Waals surface area contributed by atoms with E-state index in [0.717, 1.165) is 0 Å². The van der Waals surface area contributed by atoms with Gasteiger partial charge in [0.25, 0.3) is 0 Å². The number of hydrogen-bond acceptors (Lipinski definition) is 2. The molecule has 0 fully saturated rings. The third kappa shape index (κ3) is 3.51. The van der Waals surface area contributed by atoms with E-state index in [1.165, 1.54) is 0 Å². The predicted molar refractivity (Wildman–Crippen MR) is 45.6 cm³/mol. The molecule has 2 heteroatoms. The van der Waals surface area contributed by atoms with Gasteiger partial charge in [0, 0.05) is 13.5 Å². The van der Waals surface area contributed by atoms with Gasteiger partial charge in [-0.1, -0.05) is 13.8 Å². The van der Waals surface area contributed by atoms with E-state index in [9.17, 15) is 4.79 Å². The summed E-state index contributed by atoms with van der Waals surface area (Å²) in [5.74, 6) is 0.590. The molecule has 0 aromatic rings. The van der Waals surface area contributed by atoms with Gasteiger partial charge in [-0.15, -0.1) is 0 Å². The van der Waals surface area contributed by atoms with Crippen molar-refractivity contribution in [2.45, 2.75) is 39.7 Å². The molecule has 0 aliphatic heterocycles. The van der Waals surface area contributed by atoms with Crippen molar-refractivity contribution in [2.24, 2.45) is 5.92 Å². The maximum Gasteiger partial charge on any atom is 0.164 e. The molecule has 0 aromatic carbocycles. The molecule has 0 aromatic heterocycles. The minimum Gasteiger partial charge on any atom is -0.371 e. The van der Waals surface area contributed by atoms with Crippen LogP contribution >= 0.6 is 0 Å². The van der Waals surface area contributed by atoms with Gasteiger partial charge in [-0.2, -0.15) is 0 Å². The van der Waals surface area contributed by atoms with Crippen LogP contribution in [0.1, 0.15) is 34.1 Å². The lowest BCUT2D eigenvalue weighted by Crippen LogP contribution is -2.34. The van der Waals surface area contributed by atoms with Gasteiger partial charge in [-0.3, -0.25) is 4.79 Å². The first-order chi connectivity index (χ1) is 4.90. The molecule has 2 nitrogen and oxygen atoms in total. The lowest BCUT2D eigenvalue weighted by atomic mass is 9.95. The second-order valence-electron chi connectivity index (χ2n) is 3.74. The number of carbonyl (C=O) groups is 1. The standard InChI is InChI=1S/C9H18O2/c1-7(2)6-8(10)9(3,4)11-5/h7H,6H2,1-5H3. The van der Waals surface area contributed by atoms with E-state index in [1.54, 1.807) is 21.0 Å². The third-order valence-electron chi connectivity index (χ3n) is 1.78. The van der Waals surface area contributed by atoms with Crippen molar-refractivity contribution in [3.63, 3.8) is 0 Å². The highest BCUT2D eigenvalue weighted by molar-refractivity contribution is 5.86. The Morgan fingerprint density at radius 1 is 1.45 bits per heavy atom. The predicted octanol–water partition coefficient (Wildman–Crippen LogP) is 2.03. The van der Waals surface area contributed by atoms with Crippen LogP contribution in [0.3, 0.4) is 0 Å². The number of hydrogen-bond donors (Lipinski definition) is 0. The Morgan fingerprint density at radius 3 is 2.18 bits per heavy atom. The van der Waals surface area contributed by atoms with Crippen molar-refractivity contribution in [2.75, 3.05) is 7.11 Å². The first kappa shape index (κ1) is 10.6. The summed E-state index contributed by atoms with van der Waals surface area (Å²) in [4.78, 5) is 11.4. The van der Waals surface area contributed by atoms with Crippen LogP contribution in [0.25, 0.3) is 0 Å². The lowest BCUT2D eigenvalue weighted by molar-refractivity contribution is -0.137. The summed E-state index contributed by atoms with van der Waals surface area (Å²) in [7, 11) is 1.57. The van der Waals surface area contributed by atoms with Crippen molar-refractivity contribution >= 4 is 5.78 Å². The minimum atomic E-state index is -0.607. The van der Waals surface area contributed by atoms with Gasteiger partial charge in [-0.25, -0.2) is 0 Å². The van der Waals surface area contributed by atoms with Gasteiger partial charge < -0.3 is 4.74 Å². The van der Waals surface area contributed by atoms with Crippen LogP contribution in [-0.2, 0) is 9.53 Å². The fourth-order valence-corrected chi connectivity index (χ4v) is 0.730. The van der Waals surface area contributed by atoms with E-state index in [4.69, 9.17) is 4.74 Å². The molecule has 0 saturated heterocycles. The lowest BCUT2D eigenvalue weighted by Gasteiger charge is -2.21. The summed E-state index contributed by atoms with van der Waals surface area (Å²) >= 11 is 0. The maximum absolute atomic E-state index is 11.4.